The molecule has 2 rings (SSSR count). The summed E-state index contributed by atoms with van der Waals surface area (Å²) in [6.07, 6.45) is 5.32. The highest BCUT2D eigenvalue weighted by Gasteiger charge is 2.06. The first-order valence-corrected chi connectivity index (χ1v) is 7.58. The van der Waals surface area contributed by atoms with Crippen molar-refractivity contribution in [2.75, 3.05) is 19.0 Å². The van der Waals surface area contributed by atoms with E-state index in [1.165, 1.54) is 0 Å². The van der Waals surface area contributed by atoms with Crippen LogP contribution in [0, 0.1) is 11.3 Å². The SMILES string of the molecule is CN(C)c1ccc(/C=C(\C#N)c2cc[n+](CCC(=O)[O-])cc2)cc1. The zero-order valence-electron chi connectivity index (χ0n) is 13.8. The third-order valence-corrected chi connectivity index (χ3v) is 3.62. The molecule has 0 spiro atoms. The predicted octanol–water partition coefficient (Wildman–Crippen LogP) is 1.24. The van der Waals surface area contributed by atoms with Crippen LogP contribution in [0.2, 0.25) is 0 Å². The van der Waals surface area contributed by atoms with Gasteiger partial charge in [-0.05, 0) is 23.8 Å². The highest BCUT2D eigenvalue weighted by molar-refractivity contribution is 5.89. The number of rotatable bonds is 6. The average Bonchev–Trinajstić information content (AvgIpc) is 2.58. The molecule has 0 amide bonds. The summed E-state index contributed by atoms with van der Waals surface area (Å²) in [6.45, 7) is 0.347. The standard InChI is InChI=1S/C19H19N3O2/c1-21(2)18-5-3-15(4-6-18)13-17(14-20)16-7-10-22(11-8-16)12-9-19(23)24/h3-8,10-11,13H,9,12H2,1-2H3. The third-order valence-electron chi connectivity index (χ3n) is 3.62. The van der Waals surface area contributed by atoms with E-state index in [2.05, 4.69) is 6.07 Å². The van der Waals surface area contributed by atoms with E-state index < -0.39 is 5.97 Å². The van der Waals surface area contributed by atoms with Crippen molar-refractivity contribution in [1.29, 1.82) is 5.26 Å². The van der Waals surface area contributed by atoms with E-state index in [-0.39, 0.29) is 6.42 Å². The molecular weight excluding hydrogens is 302 g/mol. The van der Waals surface area contributed by atoms with Crippen molar-refractivity contribution in [1.82, 2.24) is 0 Å². The molecule has 0 saturated heterocycles. The molecule has 5 nitrogen and oxygen atoms in total. The number of carboxylic acid groups (broad SMARTS) is 1. The maximum Gasteiger partial charge on any atom is 0.169 e. The molecule has 122 valence electrons. The number of nitrogens with zero attached hydrogens (tertiary/aromatic N) is 3. The Balaban J connectivity index is 2.18. The van der Waals surface area contributed by atoms with Gasteiger partial charge in [-0.25, -0.2) is 4.57 Å². The monoisotopic (exact) mass is 321 g/mol. The van der Waals surface area contributed by atoms with Crippen molar-refractivity contribution in [3.05, 3.63) is 59.9 Å². The van der Waals surface area contributed by atoms with Crippen molar-refractivity contribution in [3.8, 4) is 6.07 Å². The number of nitriles is 1. The maximum absolute atomic E-state index is 10.5. The summed E-state index contributed by atoms with van der Waals surface area (Å²) in [4.78, 5) is 12.5. The third kappa shape index (κ3) is 4.68. The molecule has 1 aromatic carbocycles. The topological polar surface area (TPSA) is 71.0 Å². The van der Waals surface area contributed by atoms with Gasteiger partial charge >= 0.3 is 0 Å². The van der Waals surface area contributed by atoms with Crippen LogP contribution in [0.3, 0.4) is 0 Å². The molecule has 0 radical (unpaired) electrons. The van der Waals surface area contributed by atoms with E-state index >= 15 is 0 Å². The van der Waals surface area contributed by atoms with Crippen molar-refractivity contribution in [2.45, 2.75) is 13.0 Å². The van der Waals surface area contributed by atoms with Gasteiger partial charge in [0.1, 0.15) is 0 Å². The van der Waals surface area contributed by atoms with Crippen LogP contribution in [0.5, 0.6) is 0 Å². The van der Waals surface area contributed by atoms with Crippen molar-refractivity contribution >= 4 is 23.3 Å². The predicted molar refractivity (Wildman–Crippen MR) is 90.5 cm³/mol. The van der Waals surface area contributed by atoms with Crippen molar-refractivity contribution in [2.24, 2.45) is 0 Å². The highest BCUT2D eigenvalue weighted by Crippen LogP contribution is 2.19. The van der Waals surface area contributed by atoms with Crippen LogP contribution in [0.1, 0.15) is 17.5 Å². The highest BCUT2D eigenvalue weighted by atomic mass is 16.4. The number of carboxylic acids is 1. The fourth-order valence-electron chi connectivity index (χ4n) is 2.22. The maximum atomic E-state index is 10.5. The van der Waals surface area contributed by atoms with Gasteiger partial charge in [-0.2, -0.15) is 5.26 Å². The zero-order valence-corrected chi connectivity index (χ0v) is 13.8. The molecule has 2 aromatic rings. The molecule has 0 aliphatic rings. The quantitative estimate of drug-likeness (QED) is 0.593. The van der Waals surface area contributed by atoms with Crippen molar-refractivity contribution in [3.63, 3.8) is 0 Å². The van der Waals surface area contributed by atoms with Gasteiger partial charge in [-0.15, -0.1) is 0 Å². The smallest absolute Gasteiger partial charge is 0.169 e. The van der Waals surface area contributed by atoms with Gasteiger partial charge < -0.3 is 14.8 Å². The number of aryl methyl sites for hydroxylation is 1. The number of hydrogen-bond donors (Lipinski definition) is 0. The number of aromatic nitrogens is 1. The van der Waals surface area contributed by atoms with Crippen LogP contribution in [0.4, 0.5) is 5.69 Å². The minimum absolute atomic E-state index is 0.0385. The Hall–Kier alpha value is -3.13. The Kier molecular flexibility index (Phi) is 5.69. The fraction of sp³-hybridized carbons (Fsp3) is 0.211. The first kappa shape index (κ1) is 17.2. The largest absolute Gasteiger partial charge is 0.550 e. The van der Waals surface area contributed by atoms with Crippen LogP contribution in [-0.2, 0) is 11.3 Å². The van der Waals surface area contributed by atoms with Gasteiger partial charge in [0.2, 0.25) is 0 Å². The molecule has 0 fully saturated rings. The van der Waals surface area contributed by atoms with Gasteiger partial charge in [0.25, 0.3) is 0 Å². The van der Waals surface area contributed by atoms with E-state index in [4.69, 9.17) is 0 Å². The van der Waals surface area contributed by atoms with Gasteiger partial charge in [-0.1, -0.05) is 12.1 Å². The normalized spacial score (nSPS) is 11.0. The number of benzene rings is 1. The van der Waals surface area contributed by atoms with Gasteiger partial charge in [-0.3, -0.25) is 0 Å². The Morgan fingerprint density at radius 3 is 2.33 bits per heavy atom. The molecule has 0 N–H and O–H groups in total. The summed E-state index contributed by atoms with van der Waals surface area (Å²) >= 11 is 0. The first-order chi connectivity index (χ1) is 11.5. The van der Waals surface area contributed by atoms with Crippen LogP contribution in [0.25, 0.3) is 11.6 Å². The lowest BCUT2D eigenvalue weighted by atomic mass is 10.0. The second-order valence-corrected chi connectivity index (χ2v) is 5.60. The average molecular weight is 321 g/mol. The lowest BCUT2D eigenvalue weighted by Crippen LogP contribution is -2.36. The second-order valence-electron chi connectivity index (χ2n) is 5.60. The van der Waals surface area contributed by atoms with E-state index in [0.29, 0.717) is 12.1 Å². The van der Waals surface area contributed by atoms with Crippen LogP contribution < -0.4 is 14.6 Å². The lowest BCUT2D eigenvalue weighted by Gasteiger charge is -2.11. The number of anilines is 1. The second kappa shape index (κ2) is 7.93. The molecule has 0 aliphatic heterocycles. The molecule has 0 saturated carbocycles. The summed E-state index contributed by atoms with van der Waals surface area (Å²) in [6, 6.07) is 13.8. The number of aliphatic carboxylic acids is 1. The summed E-state index contributed by atoms with van der Waals surface area (Å²) in [7, 11) is 3.95. The Morgan fingerprint density at radius 1 is 1.21 bits per heavy atom. The first-order valence-electron chi connectivity index (χ1n) is 7.58. The van der Waals surface area contributed by atoms with E-state index in [1.54, 1.807) is 29.1 Å². The van der Waals surface area contributed by atoms with E-state index in [1.807, 2.05) is 49.3 Å². The zero-order chi connectivity index (χ0) is 17.5. The van der Waals surface area contributed by atoms with E-state index in [9.17, 15) is 15.2 Å². The molecule has 1 aromatic heterocycles. The number of carbonyl (C=O) groups is 1. The molecule has 0 unspecified atom stereocenters. The number of allylic oxidation sites excluding steroid dienone is 1. The molecule has 5 heteroatoms. The van der Waals surface area contributed by atoms with Gasteiger partial charge in [0.15, 0.2) is 18.9 Å². The summed E-state index contributed by atoms with van der Waals surface area (Å²) in [5.41, 5.74) is 3.39. The Morgan fingerprint density at radius 2 is 1.83 bits per heavy atom. The minimum Gasteiger partial charge on any atom is -0.550 e. The van der Waals surface area contributed by atoms with Crippen LogP contribution in [-0.4, -0.2) is 20.1 Å². The molecular formula is C19H19N3O2. The fourth-order valence-corrected chi connectivity index (χ4v) is 2.22. The number of hydrogen-bond acceptors (Lipinski definition) is 4. The molecule has 1 heterocycles. The van der Waals surface area contributed by atoms with Gasteiger partial charge in [0.05, 0.1) is 11.6 Å². The van der Waals surface area contributed by atoms with E-state index in [0.717, 1.165) is 16.8 Å². The lowest BCUT2D eigenvalue weighted by molar-refractivity contribution is -0.696. The number of carbonyl (C=O) groups excluding carboxylic acids is 1. The molecule has 24 heavy (non-hydrogen) atoms. The summed E-state index contributed by atoms with van der Waals surface area (Å²) < 4.78 is 1.75. The summed E-state index contributed by atoms with van der Waals surface area (Å²) in [5, 5.41) is 19.9. The minimum atomic E-state index is -1.08. The van der Waals surface area contributed by atoms with Gasteiger partial charge in [0, 0.05) is 49.9 Å². The van der Waals surface area contributed by atoms with Crippen LogP contribution >= 0.6 is 0 Å². The Bertz CT molecular complexity index is 770. The summed E-state index contributed by atoms with van der Waals surface area (Å²) in [5.74, 6) is -1.08. The molecule has 0 bridgehead atoms. The Labute approximate surface area is 141 Å². The van der Waals surface area contributed by atoms with Crippen LogP contribution in [0.15, 0.2) is 48.8 Å². The molecule has 0 aliphatic carbocycles. The molecule has 0 atom stereocenters. The number of pyridine rings is 1. The van der Waals surface area contributed by atoms with Crippen molar-refractivity contribution < 1.29 is 14.5 Å².